The number of nitrogens with one attached hydrogen (secondary N) is 1. The summed E-state index contributed by atoms with van der Waals surface area (Å²) >= 11 is 6.02. The molecule has 0 aliphatic carbocycles. The van der Waals surface area contributed by atoms with Crippen molar-refractivity contribution in [3.63, 3.8) is 0 Å². The first-order valence-electron chi connectivity index (χ1n) is 10.9. The molecule has 170 valence electrons. The molecule has 1 amide bonds. The summed E-state index contributed by atoms with van der Waals surface area (Å²) in [5, 5.41) is 8.02. The standard InChI is InChI=1S/C23H27ClFN5O2/c1-13-8-14(2)12-30(11-13)22-21-15(3)29-32-23(21)28-19(27-22)6-7-20(31)26-10-16-4-5-17(25)9-18(16)24/h4-5,9,13-14H,6-8,10-12H2,1-3H3,(H,26,31)/t13-,14+. The molecule has 3 aromatic rings. The van der Waals surface area contributed by atoms with Gasteiger partial charge in [-0.3, -0.25) is 4.79 Å². The molecule has 0 bridgehead atoms. The second-order valence-corrected chi connectivity index (χ2v) is 9.18. The van der Waals surface area contributed by atoms with E-state index in [1.807, 2.05) is 6.92 Å². The number of anilines is 1. The largest absolute Gasteiger partial charge is 0.355 e. The second-order valence-electron chi connectivity index (χ2n) is 8.78. The number of nitrogens with zero attached hydrogens (tertiary/aromatic N) is 4. The third-order valence-corrected chi connectivity index (χ3v) is 6.12. The van der Waals surface area contributed by atoms with Gasteiger partial charge in [-0.2, -0.15) is 4.98 Å². The van der Waals surface area contributed by atoms with E-state index in [9.17, 15) is 9.18 Å². The Morgan fingerprint density at radius 1 is 1.28 bits per heavy atom. The molecular formula is C23H27ClFN5O2. The van der Waals surface area contributed by atoms with Gasteiger partial charge in [-0.1, -0.05) is 36.7 Å². The van der Waals surface area contributed by atoms with Gasteiger partial charge in [0.25, 0.3) is 5.71 Å². The summed E-state index contributed by atoms with van der Waals surface area (Å²) in [4.78, 5) is 24.0. The summed E-state index contributed by atoms with van der Waals surface area (Å²) in [5.41, 5.74) is 1.88. The number of fused-ring (bicyclic) bond motifs is 1. The number of aromatic nitrogens is 3. The van der Waals surface area contributed by atoms with E-state index in [0.717, 1.165) is 30.0 Å². The van der Waals surface area contributed by atoms with Crippen molar-refractivity contribution in [1.29, 1.82) is 0 Å². The van der Waals surface area contributed by atoms with Gasteiger partial charge in [-0.25, -0.2) is 9.37 Å². The summed E-state index contributed by atoms with van der Waals surface area (Å²) < 4.78 is 18.6. The number of aryl methyl sites for hydroxylation is 2. The highest BCUT2D eigenvalue weighted by atomic mass is 35.5. The number of rotatable bonds is 6. The Hall–Kier alpha value is -2.74. The van der Waals surface area contributed by atoms with Gasteiger partial charge in [0.2, 0.25) is 5.91 Å². The van der Waals surface area contributed by atoms with Gasteiger partial charge in [0.1, 0.15) is 22.8 Å². The van der Waals surface area contributed by atoms with Crippen LogP contribution in [0.1, 0.15) is 43.8 Å². The van der Waals surface area contributed by atoms with Crippen molar-refractivity contribution in [2.45, 2.75) is 46.6 Å². The lowest BCUT2D eigenvalue weighted by molar-refractivity contribution is -0.121. The van der Waals surface area contributed by atoms with Crippen molar-refractivity contribution in [3.05, 3.63) is 46.1 Å². The van der Waals surface area contributed by atoms with Crippen molar-refractivity contribution in [2.24, 2.45) is 11.8 Å². The Balaban J connectivity index is 1.46. The number of carbonyl (C=O) groups excluding carboxylic acids is 1. The molecular weight excluding hydrogens is 433 g/mol. The van der Waals surface area contributed by atoms with Crippen LogP contribution in [-0.4, -0.2) is 34.1 Å². The number of hydrogen-bond donors (Lipinski definition) is 1. The maximum atomic E-state index is 13.2. The predicted octanol–water partition coefficient (Wildman–Crippen LogP) is 4.45. The normalized spacial score (nSPS) is 18.8. The summed E-state index contributed by atoms with van der Waals surface area (Å²) in [6.07, 6.45) is 1.77. The van der Waals surface area contributed by atoms with Gasteiger partial charge < -0.3 is 14.7 Å². The Morgan fingerprint density at radius 3 is 2.75 bits per heavy atom. The molecule has 0 unspecified atom stereocenters. The number of halogens is 2. The number of benzene rings is 1. The van der Waals surface area contributed by atoms with Crippen LogP contribution in [0.25, 0.3) is 11.1 Å². The lowest BCUT2D eigenvalue weighted by atomic mass is 9.92. The van der Waals surface area contributed by atoms with Crippen LogP contribution in [0, 0.1) is 24.6 Å². The van der Waals surface area contributed by atoms with Gasteiger partial charge >= 0.3 is 0 Å². The molecule has 1 aromatic carbocycles. The van der Waals surface area contributed by atoms with E-state index in [2.05, 4.69) is 34.2 Å². The van der Waals surface area contributed by atoms with Gasteiger partial charge in [-0.15, -0.1) is 0 Å². The highest BCUT2D eigenvalue weighted by molar-refractivity contribution is 6.31. The molecule has 9 heteroatoms. The van der Waals surface area contributed by atoms with Gasteiger partial charge in [0.15, 0.2) is 0 Å². The Labute approximate surface area is 191 Å². The number of piperidine rings is 1. The summed E-state index contributed by atoms with van der Waals surface area (Å²) in [6, 6.07) is 4.11. The zero-order valence-electron chi connectivity index (χ0n) is 18.5. The third kappa shape index (κ3) is 5.01. The van der Waals surface area contributed by atoms with Crippen molar-refractivity contribution >= 4 is 34.4 Å². The molecule has 2 aromatic heterocycles. The number of amides is 1. The van der Waals surface area contributed by atoms with Gasteiger partial charge in [0.05, 0.1) is 5.69 Å². The van der Waals surface area contributed by atoms with E-state index < -0.39 is 5.82 Å². The highest BCUT2D eigenvalue weighted by Crippen LogP contribution is 2.32. The van der Waals surface area contributed by atoms with Gasteiger partial charge in [0, 0.05) is 37.5 Å². The average molecular weight is 460 g/mol. The zero-order chi connectivity index (χ0) is 22.8. The fourth-order valence-corrected chi connectivity index (χ4v) is 4.59. The second kappa shape index (κ2) is 9.40. The minimum Gasteiger partial charge on any atom is -0.355 e. The van der Waals surface area contributed by atoms with E-state index in [4.69, 9.17) is 21.1 Å². The van der Waals surface area contributed by atoms with Crippen molar-refractivity contribution < 1.29 is 13.7 Å². The van der Waals surface area contributed by atoms with Gasteiger partial charge in [-0.05, 0) is 42.9 Å². The summed E-state index contributed by atoms with van der Waals surface area (Å²) in [7, 11) is 0. The van der Waals surface area contributed by atoms with E-state index in [1.165, 1.54) is 18.6 Å². The SMILES string of the molecule is Cc1noc2nc(CCC(=O)NCc3ccc(F)cc3Cl)nc(N3C[C@H](C)C[C@H](C)C3)c12. The van der Waals surface area contributed by atoms with Crippen LogP contribution in [0.3, 0.4) is 0 Å². The van der Waals surface area contributed by atoms with Crippen LogP contribution in [0.15, 0.2) is 22.7 Å². The molecule has 1 aliphatic rings. The maximum absolute atomic E-state index is 13.2. The molecule has 32 heavy (non-hydrogen) atoms. The molecule has 3 heterocycles. The molecule has 0 spiro atoms. The monoisotopic (exact) mass is 459 g/mol. The summed E-state index contributed by atoms with van der Waals surface area (Å²) in [5.74, 6) is 1.94. The van der Waals surface area contributed by atoms with Crippen LogP contribution in [-0.2, 0) is 17.8 Å². The molecule has 0 radical (unpaired) electrons. The molecule has 1 fully saturated rings. The number of hydrogen-bond acceptors (Lipinski definition) is 6. The van der Waals surface area contributed by atoms with Crippen molar-refractivity contribution in [2.75, 3.05) is 18.0 Å². The minimum atomic E-state index is -0.409. The zero-order valence-corrected chi connectivity index (χ0v) is 19.2. The first-order chi connectivity index (χ1) is 15.3. The lowest BCUT2D eigenvalue weighted by Crippen LogP contribution is -2.39. The van der Waals surface area contributed by atoms with Crippen LogP contribution in [0.2, 0.25) is 5.02 Å². The summed E-state index contributed by atoms with van der Waals surface area (Å²) in [6.45, 7) is 8.45. The first-order valence-corrected chi connectivity index (χ1v) is 11.3. The van der Waals surface area contributed by atoms with Crippen LogP contribution >= 0.6 is 11.6 Å². The predicted molar refractivity (Wildman–Crippen MR) is 121 cm³/mol. The Bertz CT molecular complexity index is 1130. The molecule has 4 rings (SSSR count). The third-order valence-electron chi connectivity index (χ3n) is 5.77. The minimum absolute atomic E-state index is 0.162. The van der Waals surface area contributed by atoms with Crippen LogP contribution in [0.4, 0.5) is 10.2 Å². The molecule has 2 atom stereocenters. The van der Waals surface area contributed by atoms with Crippen molar-refractivity contribution in [3.8, 4) is 0 Å². The topological polar surface area (TPSA) is 84.1 Å². The van der Waals surface area contributed by atoms with Crippen LogP contribution in [0.5, 0.6) is 0 Å². The molecule has 1 saturated heterocycles. The fourth-order valence-electron chi connectivity index (χ4n) is 4.36. The molecule has 0 saturated carbocycles. The molecule has 1 N–H and O–H groups in total. The Morgan fingerprint density at radius 2 is 2.03 bits per heavy atom. The van der Waals surface area contributed by atoms with Crippen LogP contribution < -0.4 is 10.2 Å². The Kier molecular flexibility index (Phi) is 6.60. The molecule has 7 nitrogen and oxygen atoms in total. The highest BCUT2D eigenvalue weighted by Gasteiger charge is 2.27. The van der Waals surface area contributed by atoms with Crippen molar-refractivity contribution in [1.82, 2.24) is 20.4 Å². The van der Waals surface area contributed by atoms with E-state index in [0.29, 0.717) is 35.4 Å². The average Bonchev–Trinajstić information content (AvgIpc) is 3.11. The smallest absolute Gasteiger partial charge is 0.263 e. The fraction of sp³-hybridized carbons (Fsp3) is 0.478. The lowest BCUT2D eigenvalue weighted by Gasteiger charge is -2.36. The van der Waals surface area contributed by atoms with E-state index in [-0.39, 0.29) is 23.9 Å². The van der Waals surface area contributed by atoms with E-state index in [1.54, 1.807) is 6.07 Å². The van der Waals surface area contributed by atoms with E-state index >= 15 is 0 Å². The number of carbonyl (C=O) groups is 1. The maximum Gasteiger partial charge on any atom is 0.263 e. The first kappa shape index (κ1) is 22.5. The quantitative estimate of drug-likeness (QED) is 0.586. The molecule has 1 aliphatic heterocycles.